The Kier molecular flexibility index (Phi) is 5.79. The third kappa shape index (κ3) is 4.09. The van der Waals surface area contributed by atoms with Gasteiger partial charge >= 0.3 is 6.18 Å². The molecule has 0 heterocycles. The number of benzene rings is 1. The predicted octanol–water partition coefficient (Wildman–Crippen LogP) is 1.56. The van der Waals surface area contributed by atoms with E-state index >= 15 is 0 Å². The number of carbonyl (C=O) groups excluding carboxylic acids is 1. The van der Waals surface area contributed by atoms with Crippen molar-refractivity contribution in [1.82, 2.24) is 10.6 Å². The van der Waals surface area contributed by atoms with Crippen molar-refractivity contribution in [2.75, 3.05) is 13.7 Å². The Morgan fingerprint density at radius 3 is 2.60 bits per heavy atom. The monoisotopic (exact) mass is 310 g/mol. The minimum Gasteiger partial charge on any atom is -0.394 e. The summed E-state index contributed by atoms with van der Waals surface area (Å²) in [7, 11) is 1.48. The zero-order valence-corrected chi connectivity index (χ0v) is 11.3. The van der Waals surface area contributed by atoms with Gasteiger partial charge in [0.2, 0.25) is 5.91 Å². The van der Waals surface area contributed by atoms with Crippen LogP contribution in [0.1, 0.15) is 11.1 Å². The van der Waals surface area contributed by atoms with Gasteiger partial charge in [-0.15, -0.1) is 0 Å². The molecule has 112 valence electrons. The molecule has 8 heteroatoms. The van der Waals surface area contributed by atoms with Crippen molar-refractivity contribution in [1.29, 1.82) is 0 Å². The molecule has 0 fully saturated rings. The number of halogens is 4. The fraction of sp³-hybridized carbons (Fsp3) is 0.417. The number of rotatable bonds is 5. The molecule has 0 radical (unpaired) electrons. The Labute approximate surface area is 118 Å². The maximum Gasteiger partial charge on any atom is 0.417 e. The van der Waals surface area contributed by atoms with E-state index in [1.165, 1.54) is 19.2 Å². The lowest BCUT2D eigenvalue weighted by Gasteiger charge is -2.15. The third-order valence-electron chi connectivity index (χ3n) is 2.68. The van der Waals surface area contributed by atoms with Crippen LogP contribution in [0.4, 0.5) is 13.2 Å². The van der Waals surface area contributed by atoms with Crippen LogP contribution in [0, 0.1) is 0 Å². The number of likely N-dealkylation sites (N-methyl/N-ethyl adjacent to an activating group) is 1. The molecule has 1 aromatic carbocycles. The quantitative estimate of drug-likeness (QED) is 0.773. The van der Waals surface area contributed by atoms with E-state index in [2.05, 4.69) is 10.6 Å². The molecular weight excluding hydrogens is 297 g/mol. The van der Waals surface area contributed by atoms with Gasteiger partial charge in [-0.2, -0.15) is 13.2 Å². The maximum absolute atomic E-state index is 12.7. The smallest absolute Gasteiger partial charge is 0.394 e. The average molecular weight is 311 g/mol. The van der Waals surface area contributed by atoms with Crippen molar-refractivity contribution in [3.8, 4) is 0 Å². The molecule has 0 saturated carbocycles. The van der Waals surface area contributed by atoms with E-state index < -0.39 is 35.3 Å². The number of carbonyl (C=O) groups is 1. The summed E-state index contributed by atoms with van der Waals surface area (Å²) in [6, 6.07) is 2.67. The molecule has 1 rings (SSSR count). The summed E-state index contributed by atoms with van der Waals surface area (Å²) in [6.07, 6.45) is -4.55. The first-order valence-electron chi connectivity index (χ1n) is 5.71. The van der Waals surface area contributed by atoms with Crippen LogP contribution in [0.2, 0.25) is 5.02 Å². The van der Waals surface area contributed by atoms with Gasteiger partial charge < -0.3 is 15.7 Å². The molecular formula is C12H14ClF3N2O2. The molecule has 0 aliphatic rings. The van der Waals surface area contributed by atoms with Crippen LogP contribution in [0.15, 0.2) is 18.2 Å². The number of aliphatic hydroxyl groups excluding tert-OH is 1. The first kappa shape index (κ1) is 16.7. The van der Waals surface area contributed by atoms with Crippen molar-refractivity contribution < 1.29 is 23.1 Å². The van der Waals surface area contributed by atoms with Crippen LogP contribution in [-0.2, 0) is 17.5 Å². The Morgan fingerprint density at radius 1 is 1.45 bits per heavy atom. The van der Waals surface area contributed by atoms with Gasteiger partial charge in [0.25, 0.3) is 0 Å². The molecule has 20 heavy (non-hydrogen) atoms. The summed E-state index contributed by atoms with van der Waals surface area (Å²) in [5.41, 5.74) is -0.791. The van der Waals surface area contributed by atoms with Crippen LogP contribution in [0.5, 0.6) is 0 Å². The number of hydrogen-bond acceptors (Lipinski definition) is 3. The van der Waals surface area contributed by atoms with Gasteiger partial charge in [0.1, 0.15) is 6.04 Å². The molecule has 0 bridgehead atoms. The zero-order valence-electron chi connectivity index (χ0n) is 10.6. The van der Waals surface area contributed by atoms with Gasteiger partial charge in [0, 0.05) is 6.54 Å². The van der Waals surface area contributed by atoms with E-state index in [1.807, 2.05) is 0 Å². The average Bonchev–Trinajstić information content (AvgIpc) is 2.37. The van der Waals surface area contributed by atoms with E-state index in [1.54, 1.807) is 0 Å². The lowest BCUT2D eigenvalue weighted by atomic mass is 10.1. The second kappa shape index (κ2) is 6.92. The predicted molar refractivity (Wildman–Crippen MR) is 68.2 cm³/mol. The third-order valence-corrected chi connectivity index (χ3v) is 3.13. The van der Waals surface area contributed by atoms with Gasteiger partial charge in [0.15, 0.2) is 0 Å². The Morgan fingerprint density at radius 2 is 2.10 bits per heavy atom. The molecule has 0 aliphatic heterocycles. The van der Waals surface area contributed by atoms with E-state index in [0.29, 0.717) is 0 Å². The number of aliphatic hydroxyl groups is 1. The van der Waals surface area contributed by atoms with E-state index in [9.17, 15) is 18.0 Å². The van der Waals surface area contributed by atoms with Gasteiger partial charge in [-0.05, 0) is 18.7 Å². The minimum atomic E-state index is -4.55. The van der Waals surface area contributed by atoms with E-state index in [-0.39, 0.29) is 12.1 Å². The highest BCUT2D eigenvalue weighted by Crippen LogP contribution is 2.36. The number of amides is 1. The standard InChI is InChI=1S/C12H14ClF3N2O2/c1-17-9(6-19)11(20)18-5-7-3-2-4-8(10(7)13)12(14,15)16/h2-4,9,17,19H,5-6H2,1H3,(H,18,20)/t9-/m0/s1. The Hall–Kier alpha value is -1.31. The first-order chi connectivity index (χ1) is 9.31. The van der Waals surface area contributed by atoms with Crippen molar-refractivity contribution in [2.45, 2.75) is 18.8 Å². The van der Waals surface area contributed by atoms with Crippen LogP contribution < -0.4 is 10.6 Å². The summed E-state index contributed by atoms with van der Waals surface area (Å²) in [5, 5.41) is 13.4. The lowest BCUT2D eigenvalue weighted by Crippen LogP contribution is -2.44. The summed E-state index contributed by atoms with van der Waals surface area (Å²) >= 11 is 5.69. The molecule has 4 nitrogen and oxygen atoms in total. The fourth-order valence-corrected chi connectivity index (χ4v) is 1.85. The molecule has 0 saturated heterocycles. The van der Waals surface area contributed by atoms with Crippen LogP contribution in [0.25, 0.3) is 0 Å². The first-order valence-corrected chi connectivity index (χ1v) is 6.09. The maximum atomic E-state index is 12.7. The minimum absolute atomic E-state index is 0.153. The number of hydrogen-bond donors (Lipinski definition) is 3. The highest BCUT2D eigenvalue weighted by molar-refractivity contribution is 6.32. The molecule has 0 unspecified atom stereocenters. The number of nitrogens with one attached hydrogen (secondary N) is 2. The van der Waals surface area contributed by atoms with Crippen molar-refractivity contribution >= 4 is 17.5 Å². The van der Waals surface area contributed by atoms with Crippen LogP contribution in [-0.4, -0.2) is 30.7 Å². The van der Waals surface area contributed by atoms with Gasteiger partial charge in [-0.1, -0.05) is 23.7 Å². The van der Waals surface area contributed by atoms with Crippen molar-refractivity contribution in [3.63, 3.8) is 0 Å². The largest absolute Gasteiger partial charge is 0.417 e. The SMILES string of the molecule is CN[C@@H](CO)C(=O)NCc1cccc(C(F)(F)F)c1Cl. The van der Waals surface area contributed by atoms with Crippen LogP contribution in [0.3, 0.4) is 0 Å². The van der Waals surface area contributed by atoms with Crippen LogP contribution >= 0.6 is 11.6 Å². The lowest BCUT2D eigenvalue weighted by molar-refractivity contribution is -0.137. The molecule has 3 N–H and O–H groups in total. The summed E-state index contributed by atoms with van der Waals surface area (Å²) < 4.78 is 38.0. The molecule has 0 spiro atoms. The van der Waals surface area contributed by atoms with Crippen molar-refractivity contribution in [3.05, 3.63) is 34.3 Å². The highest BCUT2D eigenvalue weighted by atomic mass is 35.5. The van der Waals surface area contributed by atoms with E-state index in [0.717, 1.165) is 6.07 Å². The van der Waals surface area contributed by atoms with Crippen molar-refractivity contribution in [2.24, 2.45) is 0 Å². The molecule has 1 aromatic rings. The topological polar surface area (TPSA) is 61.4 Å². The summed E-state index contributed by atoms with van der Waals surface area (Å²) in [4.78, 5) is 11.6. The normalized spacial score (nSPS) is 13.1. The second-order valence-corrected chi connectivity index (χ2v) is 4.40. The molecule has 0 aromatic heterocycles. The van der Waals surface area contributed by atoms with Gasteiger partial charge in [0.05, 0.1) is 17.2 Å². The second-order valence-electron chi connectivity index (χ2n) is 4.02. The Balaban J connectivity index is 2.82. The summed E-state index contributed by atoms with van der Waals surface area (Å²) in [6.45, 7) is -0.571. The fourth-order valence-electron chi connectivity index (χ4n) is 1.55. The molecule has 1 amide bonds. The zero-order chi connectivity index (χ0) is 15.3. The number of alkyl halides is 3. The van der Waals surface area contributed by atoms with Gasteiger partial charge in [-0.25, -0.2) is 0 Å². The van der Waals surface area contributed by atoms with Gasteiger partial charge in [-0.3, -0.25) is 4.79 Å². The Bertz CT molecular complexity index is 476. The molecule has 0 aliphatic carbocycles. The van der Waals surface area contributed by atoms with E-state index in [4.69, 9.17) is 16.7 Å². The molecule has 1 atom stereocenters. The summed E-state index contributed by atoms with van der Waals surface area (Å²) in [5.74, 6) is -0.525. The highest BCUT2D eigenvalue weighted by Gasteiger charge is 2.33.